The third-order valence-electron chi connectivity index (χ3n) is 3.45. The van der Waals surface area contributed by atoms with Gasteiger partial charge in [-0.25, -0.2) is 0 Å². The highest BCUT2D eigenvalue weighted by Crippen LogP contribution is 2.36. The van der Waals surface area contributed by atoms with Gasteiger partial charge in [0.25, 0.3) is 0 Å². The van der Waals surface area contributed by atoms with Crippen LogP contribution in [-0.2, 0) is 9.59 Å². The molecule has 1 N–H and O–H groups in total. The molecule has 0 spiro atoms. The zero-order valence-electron chi connectivity index (χ0n) is 11.7. The Kier molecular flexibility index (Phi) is 4.27. The number of para-hydroxylation sites is 2. The van der Waals surface area contributed by atoms with E-state index in [1.807, 2.05) is 12.1 Å². The number of ether oxygens (including phenoxy) is 1. The van der Waals surface area contributed by atoms with Crippen molar-refractivity contribution < 1.29 is 19.4 Å². The highest BCUT2D eigenvalue weighted by atomic mass is 16.5. The number of hydrogen-bond acceptors (Lipinski definition) is 3. The minimum Gasteiger partial charge on any atom is -0.495 e. The lowest BCUT2D eigenvalue weighted by molar-refractivity contribution is -0.140. The summed E-state index contributed by atoms with van der Waals surface area (Å²) in [5.74, 6) is -0.932. The summed E-state index contributed by atoms with van der Waals surface area (Å²) in [6, 6.07) is 7.20. The predicted octanol–water partition coefficient (Wildman–Crippen LogP) is 2.16. The topological polar surface area (TPSA) is 66.8 Å². The van der Waals surface area contributed by atoms with E-state index in [2.05, 4.69) is 0 Å². The fourth-order valence-electron chi connectivity index (χ4n) is 2.06. The van der Waals surface area contributed by atoms with Crippen LogP contribution < -0.4 is 9.64 Å². The van der Waals surface area contributed by atoms with Gasteiger partial charge >= 0.3 is 5.97 Å². The molecule has 1 unspecified atom stereocenters. The summed E-state index contributed by atoms with van der Waals surface area (Å²) >= 11 is 0. The molecule has 20 heavy (non-hydrogen) atoms. The van der Waals surface area contributed by atoms with E-state index in [0.29, 0.717) is 11.4 Å². The van der Waals surface area contributed by atoms with E-state index in [9.17, 15) is 9.59 Å². The normalized spacial score (nSPS) is 15.5. The second kappa shape index (κ2) is 5.94. The Hall–Kier alpha value is -2.04. The molecule has 0 aliphatic heterocycles. The summed E-state index contributed by atoms with van der Waals surface area (Å²) < 4.78 is 5.28. The fourth-order valence-corrected chi connectivity index (χ4v) is 2.06. The SMILES string of the molecule is COc1ccccc1N(CC(C)C(=O)O)C(=O)C1CC1. The standard InChI is InChI=1S/C15H19NO4/c1-10(15(18)19)9-16(14(17)11-7-8-11)12-5-3-4-6-13(12)20-2/h3-6,10-11H,7-9H2,1-2H3,(H,18,19). The number of amides is 1. The fraction of sp³-hybridized carbons (Fsp3) is 0.467. The zero-order chi connectivity index (χ0) is 14.7. The summed E-state index contributed by atoms with van der Waals surface area (Å²) in [7, 11) is 1.54. The van der Waals surface area contributed by atoms with Crippen molar-refractivity contribution in [3.63, 3.8) is 0 Å². The van der Waals surface area contributed by atoms with Gasteiger partial charge in [0.1, 0.15) is 5.75 Å². The van der Waals surface area contributed by atoms with Crippen LogP contribution in [0.1, 0.15) is 19.8 Å². The number of nitrogens with zero attached hydrogens (tertiary/aromatic N) is 1. The lowest BCUT2D eigenvalue weighted by Crippen LogP contribution is -2.38. The van der Waals surface area contributed by atoms with Gasteiger partial charge in [-0.1, -0.05) is 19.1 Å². The van der Waals surface area contributed by atoms with Crippen LogP contribution in [0.25, 0.3) is 0 Å². The molecule has 1 aliphatic rings. The van der Waals surface area contributed by atoms with Gasteiger partial charge in [-0.3, -0.25) is 9.59 Å². The Balaban J connectivity index is 2.29. The van der Waals surface area contributed by atoms with Crippen molar-refractivity contribution in [2.75, 3.05) is 18.6 Å². The number of benzene rings is 1. The zero-order valence-corrected chi connectivity index (χ0v) is 11.7. The first kappa shape index (κ1) is 14.4. The molecule has 1 fully saturated rings. The summed E-state index contributed by atoms with van der Waals surface area (Å²) in [6.45, 7) is 1.76. The summed E-state index contributed by atoms with van der Waals surface area (Å²) in [6.07, 6.45) is 1.76. The summed E-state index contributed by atoms with van der Waals surface area (Å²) in [4.78, 5) is 25.0. The van der Waals surface area contributed by atoms with Crippen LogP contribution in [0.2, 0.25) is 0 Å². The van der Waals surface area contributed by atoms with Gasteiger partial charge in [0.05, 0.1) is 18.7 Å². The third kappa shape index (κ3) is 3.10. The molecule has 1 aliphatic carbocycles. The molecule has 0 aromatic heterocycles. The molecule has 0 bridgehead atoms. The van der Waals surface area contributed by atoms with Crippen molar-refractivity contribution >= 4 is 17.6 Å². The molecule has 1 saturated carbocycles. The highest BCUT2D eigenvalue weighted by Gasteiger charge is 2.36. The van der Waals surface area contributed by atoms with Gasteiger partial charge < -0.3 is 14.7 Å². The van der Waals surface area contributed by atoms with Gasteiger partial charge in [0.15, 0.2) is 0 Å². The largest absolute Gasteiger partial charge is 0.495 e. The van der Waals surface area contributed by atoms with Crippen LogP contribution >= 0.6 is 0 Å². The first-order chi connectivity index (χ1) is 9.54. The van der Waals surface area contributed by atoms with E-state index in [0.717, 1.165) is 12.8 Å². The van der Waals surface area contributed by atoms with E-state index in [1.54, 1.807) is 31.1 Å². The average Bonchev–Trinajstić information content (AvgIpc) is 3.28. The first-order valence-corrected chi connectivity index (χ1v) is 6.71. The second-order valence-electron chi connectivity index (χ2n) is 5.13. The van der Waals surface area contributed by atoms with Crippen LogP contribution in [0.4, 0.5) is 5.69 Å². The number of aliphatic carboxylic acids is 1. The first-order valence-electron chi connectivity index (χ1n) is 6.71. The monoisotopic (exact) mass is 277 g/mol. The van der Waals surface area contributed by atoms with Crippen molar-refractivity contribution in [3.8, 4) is 5.75 Å². The van der Waals surface area contributed by atoms with Gasteiger partial charge in [-0.05, 0) is 25.0 Å². The Bertz CT molecular complexity index is 510. The van der Waals surface area contributed by atoms with Crippen LogP contribution in [0.5, 0.6) is 5.75 Å². The number of hydrogen-bond donors (Lipinski definition) is 1. The van der Waals surface area contributed by atoms with E-state index in [-0.39, 0.29) is 18.4 Å². The molecular formula is C15H19NO4. The van der Waals surface area contributed by atoms with Crippen molar-refractivity contribution in [3.05, 3.63) is 24.3 Å². The molecular weight excluding hydrogens is 258 g/mol. The number of carboxylic acid groups (broad SMARTS) is 1. The number of carbonyl (C=O) groups is 2. The van der Waals surface area contributed by atoms with Crippen LogP contribution in [0, 0.1) is 11.8 Å². The van der Waals surface area contributed by atoms with E-state index in [4.69, 9.17) is 9.84 Å². The molecule has 5 heteroatoms. The minimum atomic E-state index is -0.909. The molecule has 1 aromatic rings. The lowest BCUT2D eigenvalue weighted by Gasteiger charge is -2.26. The van der Waals surface area contributed by atoms with Crippen LogP contribution in [0.15, 0.2) is 24.3 Å². The van der Waals surface area contributed by atoms with Crippen molar-refractivity contribution in [1.82, 2.24) is 0 Å². The summed E-state index contributed by atoms with van der Waals surface area (Å²) in [5.41, 5.74) is 0.639. The molecule has 0 heterocycles. The smallest absolute Gasteiger partial charge is 0.308 e. The van der Waals surface area contributed by atoms with Crippen molar-refractivity contribution in [1.29, 1.82) is 0 Å². The Morgan fingerprint density at radius 2 is 2.05 bits per heavy atom. The van der Waals surface area contributed by atoms with Crippen molar-refractivity contribution in [2.24, 2.45) is 11.8 Å². The molecule has 0 saturated heterocycles. The third-order valence-corrected chi connectivity index (χ3v) is 3.45. The average molecular weight is 277 g/mol. The Morgan fingerprint density at radius 1 is 1.40 bits per heavy atom. The lowest BCUT2D eigenvalue weighted by atomic mass is 10.1. The van der Waals surface area contributed by atoms with Gasteiger partial charge in [-0.15, -0.1) is 0 Å². The van der Waals surface area contributed by atoms with Crippen LogP contribution in [0.3, 0.4) is 0 Å². The van der Waals surface area contributed by atoms with E-state index < -0.39 is 11.9 Å². The van der Waals surface area contributed by atoms with Crippen LogP contribution in [-0.4, -0.2) is 30.6 Å². The maximum absolute atomic E-state index is 12.4. The molecule has 0 radical (unpaired) electrons. The molecule has 5 nitrogen and oxygen atoms in total. The molecule has 1 amide bonds. The maximum Gasteiger partial charge on any atom is 0.308 e. The summed E-state index contributed by atoms with van der Waals surface area (Å²) in [5, 5.41) is 9.07. The minimum absolute atomic E-state index is 0.0115. The number of carbonyl (C=O) groups excluding carboxylic acids is 1. The van der Waals surface area contributed by atoms with Crippen molar-refractivity contribution in [2.45, 2.75) is 19.8 Å². The Labute approximate surface area is 118 Å². The van der Waals surface area contributed by atoms with E-state index in [1.165, 1.54) is 0 Å². The second-order valence-corrected chi connectivity index (χ2v) is 5.13. The molecule has 108 valence electrons. The molecule has 2 rings (SSSR count). The van der Waals surface area contributed by atoms with Gasteiger partial charge in [0.2, 0.25) is 5.91 Å². The number of anilines is 1. The number of rotatable bonds is 6. The highest BCUT2D eigenvalue weighted by molar-refractivity contribution is 5.98. The number of carboxylic acids is 1. The quantitative estimate of drug-likeness (QED) is 0.865. The molecule has 1 atom stereocenters. The van der Waals surface area contributed by atoms with Gasteiger partial charge in [0, 0.05) is 12.5 Å². The maximum atomic E-state index is 12.4. The van der Waals surface area contributed by atoms with Gasteiger partial charge in [-0.2, -0.15) is 0 Å². The Morgan fingerprint density at radius 3 is 2.60 bits per heavy atom. The van der Waals surface area contributed by atoms with E-state index >= 15 is 0 Å². The predicted molar refractivity (Wildman–Crippen MR) is 74.9 cm³/mol. The molecule has 1 aromatic carbocycles. The number of methoxy groups -OCH3 is 1.